The number of pyridine rings is 1. The van der Waals surface area contributed by atoms with Gasteiger partial charge in [-0.1, -0.05) is 30.6 Å². The summed E-state index contributed by atoms with van der Waals surface area (Å²) in [4.78, 5) is 12.8. The van der Waals surface area contributed by atoms with Gasteiger partial charge in [0.15, 0.2) is 5.75 Å². The largest absolute Gasteiger partial charge is 0.488 e. The molecule has 5 heteroatoms. The standard InChI is InChI=1S/C25H36N2O3/c1-7-8-15-26-20-12-13-21-22(17-20)27(5)25(28)24(29-6)23(21)30-16-14-19(4)11-9-10-18(2)3/h10,12-14,17,26H,7-9,11,15-16H2,1-6H3. The molecule has 2 aromatic rings. The normalized spacial score (nSPS) is 11.5. The lowest BCUT2D eigenvalue weighted by atomic mass is 10.1. The second kappa shape index (κ2) is 11.5. The van der Waals surface area contributed by atoms with E-state index in [0.717, 1.165) is 48.8 Å². The van der Waals surface area contributed by atoms with Gasteiger partial charge in [0.05, 0.1) is 12.6 Å². The highest BCUT2D eigenvalue weighted by atomic mass is 16.5. The minimum absolute atomic E-state index is 0.199. The Morgan fingerprint density at radius 1 is 1.17 bits per heavy atom. The summed E-state index contributed by atoms with van der Waals surface area (Å²) in [5.41, 5.74) is 4.22. The average Bonchev–Trinajstić information content (AvgIpc) is 2.71. The van der Waals surface area contributed by atoms with Gasteiger partial charge in [-0.05, 0) is 64.3 Å². The van der Waals surface area contributed by atoms with Crippen molar-refractivity contribution in [1.29, 1.82) is 0 Å². The molecular weight excluding hydrogens is 376 g/mol. The summed E-state index contributed by atoms with van der Waals surface area (Å²) < 4.78 is 13.1. The van der Waals surface area contributed by atoms with Crippen LogP contribution < -0.4 is 20.3 Å². The maximum Gasteiger partial charge on any atom is 0.297 e. The number of hydrogen-bond acceptors (Lipinski definition) is 4. The Kier molecular flexibility index (Phi) is 9.03. The Morgan fingerprint density at radius 2 is 1.93 bits per heavy atom. The van der Waals surface area contributed by atoms with Gasteiger partial charge in [0.25, 0.3) is 5.56 Å². The van der Waals surface area contributed by atoms with E-state index in [1.807, 2.05) is 18.2 Å². The number of aromatic nitrogens is 1. The molecule has 0 bridgehead atoms. The molecule has 1 aromatic heterocycles. The molecule has 1 aromatic carbocycles. The summed E-state index contributed by atoms with van der Waals surface area (Å²) in [6.45, 7) is 9.80. The van der Waals surface area contributed by atoms with Crippen LogP contribution in [0.2, 0.25) is 0 Å². The minimum atomic E-state index is -0.199. The summed E-state index contributed by atoms with van der Waals surface area (Å²) in [5.74, 6) is 0.747. The first-order valence-corrected chi connectivity index (χ1v) is 10.7. The Hall–Kier alpha value is -2.69. The van der Waals surface area contributed by atoms with Crippen LogP contribution in [0.15, 0.2) is 46.3 Å². The van der Waals surface area contributed by atoms with E-state index >= 15 is 0 Å². The molecule has 5 nitrogen and oxygen atoms in total. The van der Waals surface area contributed by atoms with Gasteiger partial charge in [-0.15, -0.1) is 0 Å². The lowest BCUT2D eigenvalue weighted by molar-refractivity contribution is 0.325. The quantitative estimate of drug-likeness (QED) is 0.373. The Balaban J connectivity index is 2.30. The van der Waals surface area contributed by atoms with Gasteiger partial charge in [0, 0.05) is 24.7 Å². The van der Waals surface area contributed by atoms with Crippen LogP contribution in [0.4, 0.5) is 5.69 Å². The molecule has 164 valence electrons. The van der Waals surface area contributed by atoms with E-state index in [-0.39, 0.29) is 11.3 Å². The van der Waals surface area contributed by atoms with Crippen LogP contribution in [0.1, 0.15) is 53.4 Å². The number of anilines is 1. The fourth-order valence-corrected chi connectivity index (χ4v) is 3.28. The minimum Gasteiger partial charge on any atom is -0.488 e. The van der Waals surface area contributed by atoms with Crippen molar-refractivity contribution in [3.05, 3.63) is 51.9 Å². The van der Waals surface area contributed by atoms with Gasteiger partial charge >= 0.3 is 0 Å². The van der Waals surface area contributed by atoms with Crippen molar-refractivity contribution in [2.24, 2.45) is 7.05 Å². The second-order valence-corrected chi connectivity index (χ2v) is 7.92. The van der Waals surface area contributed by atoms with E-state index in [1.165, 1.54) is 18.3 Å². The molecule has 1 heterocycles. The van der Waals surface area contributed by atoms with Crippen molar-refractivity contribution in [3.8, 4) is 11.5 Å². The van der Waals surface area contributed by atoms with Crippen molar-refractivity contribution in [3.63, 3.8) is 0 Å². The van der Waals surface area contributed by atoms with Crippen molar-refractivity contribution in [2.45, 2.75) is 53.4 Å². The zero-order valence-electron chi connectivity index (χ0n) is 19.3. The summed E-state index contributed by atoms with van der Waals surface area (Å²) >= 11 is 0. The zero-order chi connectivity index (χ0) is 22.1. The smallest absolute Gasteiger partial charge is 0.297 e. The number of hydrogen-bond donors (Lipinski definition) is 1. The third-order valence-corrected chi connectivity index (χ3v) is 5.12. The zero-order valence-corrected chi connectivity index (χ0v) is 19.3. The molecule has 0 aliphatic heterocycles. The molecule has 1 N–H and O–H groups in total. The molecule has 0 amide bonds. The number of aryl methyl sites for hydroxylation is 1. The monoisotopic (exact) mass is 412 g/mol. The molecular formula is C25H36N2O3. The maximum absolute atomic E-state index is 12.8. The number of methoxy groups -OCH3 is 1. The Morgan fingerprint density at radius 3 is 2.60 bits per heavy atom. The highest BCUT2D eigenvalue weighted by Crippen LogP contribution is 2.33. The molecule has 0 aliphatic rings. The fourth-order valence-electron chi connectivity index (χ4n) is 3.28. The number of ether oxygens (including phenoxy) is 2. The van der Waals surface area contributed by atoms with Crippen molar-refractivity contribution in [2.75, 3.05) is 25.6 Å². The summed E-state index contributed by atoms with van der Waals surface area (Å²) in [5, 5.41) is 4.28. The first kappa shape index (κ1) is 23.6. The molecule has 2 rings (SSSR count). The molecule has 0 saturated carbocycles. The summed E-state index contributed by atoms with van der Waals surface area (Å²) in [6, 6.07) is 6.01. The van der Waals surface area contributed by atoms with Crippen LogP contribution in [0.25, 0.3) is 10.9 Å². The van der Waals surface area contributed by atoms with Crippen LogP contribution in [-0.4, -0.2) is 24.8 Å². The van der Waals surface area contributed by atoms with Gasteiger partial charge in [0.2, 0.25) is 5.75 Å². The first-order chi connectivity index (χ1) is 14.4. The predicted molar refractivity (Wildman–Crippen MR) is 127 cm³/mol. The van der Waals surface area contributed by atoms with Crippen molar-refractivity contribution in [1.82, 2.24) is 4.57 Å². The molecule has 0 atom stereocenters. The van der Waals surface area contributed by atoms with Crippen molar-refractivity contribution < 1.29 is 9.47 Å². The Bertz CT molecular complexity index is 966. The third kappa shape index (κ3) is 6.15. The van der Waals surface area contributed by atoms with Gasteiger partial charge in [-0.3, -0.25) is 4.79 Å². The number of fused-ring (bicyclic) bond motifs is 1. The van der Waals surface area contributed by atoms with E-state index in [2.05, 4.69) is 45.2 Å². The number of benzene rings is 1. The highest BCUT2D eigenvalue weighted by Gasteiger charge is 2.17. The fraction of sp³-hybridized carbons (Fsp3) is 0.480. The number of rotatable bonds is 11. The summed E-state index contributed by atoms with van der Waals surface area (Å²) in [6.07, 6.45) is 8.57. The Labute approximate surface area is 180 Å². The van der Waals surface area contributed by atoms with Gasteiger partial charge in [0.1, 0.15) is 6.61 Å². The van der Waals surface area contributed by atoms with Crippen LogP contribution in [-0.2, 0) is 7.05 Å². The topological polar surface area (TPSA) is 52.5 Å². The van der Waals surface area contributed by atoms with Gasteiger partial charge < -0.3 is 19.4 Å². The lowest BCUT2D eigenvalue weighted by Gasteiger charge is -2.16. The predicted octanol–water partition coefficient (Wildman–Crippen LogP) is 5.83. The second-order valence-electron chi connectivity index (χ2n) is 7.92. The highest BCUT2D eigenvalue weighted by molar-refractivity contribution is 5.90. The molecule has 0 unspecified atom stereocenters. The van der Waals surface area contributed by atoms with E-state index < -0.39 is 0 Å². The lowest BCUT2D eigenvalue weighted by Crippen LogP contribution is -2.20. The maximum atomic E-state index is 12.8. The molecule has 0 aliphatic carbocycles. The number of allylic oxidation sites excluding steroid dienone is 3. The average molecular weight is 413 g/mol. The number of unbranched alkanes of at least 4 members (excludes halogenated alkanes) is 1. The van der Waals surface area contributed by atoms with Gasteiger partial charge in [-0.25, -0.2) is 0 Å². The molecule has 0 saturated heterocycles. The molecule has 0 fully saturated rings. The van der Waals surface area contributed by atoms with E-state index in [4.69, 9.17) is 9.47 Å². The van der Waals surface area contributed by atoms with E-state index in [0.29, 0.717) is 12.4 Å². The first-order valence-electron chi connectivity index (χ1n) is 10.7. The van der Waals surface area contributed by atoms with Crippen LogP contribution in [0.3, 0.4) is 0 Å². The third-order valence-electron chi connectivity index (χ3n) is 5.12. The number of nitrogens with zero attached hydrogens (tertiary/aromatic N) is 1. The summed E-state index contributed by atoms with van der Waals surface area (Å²) in [7, 11) is 3.27. The van der Waals surface area contributed by atoms with Crippen molar-refractivity contribution >= 4 is 16.6 Å². The van der Waals surface area contributed by atoms with Crippen LogP contribution >= 0.6 is 0 Å². The van der Waals surface area contributed by atoms with Crippen LogP contribution in [0, 0.1) is 0 Å². The van der Waals surface area contributed by atoms with E-state index in [9.17, 15) is 4.79 Å². The SMILES string of the molecule is CCCCNc1ccc2c(OCC=C(C)CCC=C(C)C)c(OC)c(=O)n(C)c2c1. The van der Waals surface area contributed by atoms with E-state index in [1.54, 1.807) is 11.6 Å². The van der Waals surface area contributed by atoms with Gasteiger partial charge in [-0.2, -0.15) is 0 Å². The number of nitrogens with one attached hydrogen (secondary N) is 1. The molecule has 30 heavy (non-hydrogen) atoms. The van der Waals surface area contributed by atoms with Crippen LogP contribution in [0.5, 0.6) is 11.5 Å². The molecule has 0 radical (unpaired) electrons. The molecule has 0 spiro atoms.